The third kappa shape index (κ3) is 12.3. The van der Waals surface area contributed by atoms with E-state index in [1.807, 2.05) is 33.8 Å². The molecule has 5 rings (SSSR count). The summed E-state index contributed by atoms with van der Waals surface area (Å²) in [4.78, 5) is 57.6. The first-order valence-electron chi connectivity index (χ1n) is 18.6. The molecule has 30 heteroatoms. The smallest absolute Gasteiger partial charge is 0.338 e. The third-order valence-corrected chi connectivity index (χ3v) is 105. The third-order valence-electron chi connectivity index (χ3n) is 11.8. The Balaban J connectivity index is 1.87. The molecule has 2 bridgehead atoms. The van der Waals surface area contributed by atoms with Crippen molar-refractivity contribution in [3.8, 4) is 0 Å². The summed E-state index contributed by atoms with van der Waals surface area (Å²) in [5, 5.41) is 0. The Bertz CT molecular complexity index is 1810. The summed E-state index contributed by atoms with van der Waals surface area (Å²) in [6.45, 7) is 6.31. The van der Waals surface area contributed by atoms with Crippen molar-refractivity contribution < 1.29 is 47.2 Å². The maximum absolute atomic E-state index is 16.0. The van der Waals surface area contributed by atoms with Crippen molar-refractivity contribution >= 4 is 186 Å². The van der Waals surface area contributed by atoms with Crippen molar-refractivity contribution in [3.05, 3.63) is 47.0 Å². The van der Waals surface area contributed by atoms with Crippen molar-refractivity contribution in [3.63, 3.8) is 0 Å². The zero-order valence-electron chi connectivity index (χ0n) is 34.5. The van der Waals surface area contributed by atoms with Gasteiger partial charge < -0.3 is 28.0 Å². The predicted molar refractivity (Wildman–Crippen MR) is 310 cm³/mol. The number of rotatable bonds is 15. The first-order valence-corrected chi connectivity index (χ1v) is 53.2. The SMILES string of the molecule is CC(=O)O[C@@H]1C(=O)C2=C(C)[C@@H](OP(P(P)P(P)P)P(P(P)P)P(P)P)CC(C(OC(=O)c3ccccc3)C3[C@@]1(C)[C@@H](OP(P(P)P)P(P)P)C[C@H]1OC[C@@]31OC(C)=O)C2(C)C. The zero-order chi connectivity index (χ0) is 45.7. The molecule has 1 heterocycles. The minimum absolute atomic E-state index is 0.00464. The average Bonchev–Trinajstić information content (AvgIpc) is 3.14. The second-order valence-electron chi connectivity index (χ2n) is 15.8. The number of carbonyl (C=O) groups is 4. The van der Waals surface area contributed by atoms with Crippen LogP contribution in [0.4, 0.5) is 0 Å². The Kier molecular flexibility index (Phi) is 22.6. The molecular formula is C31H58O10P20. The van der Waals surface area contributed by atoms with Crippen LogP contribution < -0.4 is 0 Å². The molecule has 3 fully saturated rings. The number of fused-ring (bicyclic) bond motifs is 5. The van der Waals surface area contributed by atoms with E-state index in [0.29, 0.717) is 17.6 Å². The molecule has 2 saturated carbocycles. The number of ketones is 1. The van der Waals surface area contributed by atoms with Crippen LogP contribution >= 0.6 is 162 Å². The highest BCUT2D eigenvalue weighted by molar-refractivity contribution is 9.19. The Hall–Kier alpha value is 5.52. The fraction of sp³-hybridized carbons (Fsp3) is 0.613. The highest BCUT2D eigenvalue weighted by atomic mass is 33.2. The molecule has 1 aliphatic heterocycles. The van der Waals surface area contributed by atoms with E-state index in [1.165, 1.54) is 13.8 Å². The molecule has 61 heavy (non-hydrogen) atoms. The van der Waals surface area contributed by atoms with Gasteiger partial charge in [-0.2, -0.15) is 0 Å². The van der Waals surface area contributed by atoms with Crippen molar-refractivity contribution in [1.29, 1.82) is 0 Å². The summed E-state index contributed by atoms with van der Waals surface area (Å²) in [6.07, 6.45) is -3.61. The molecule has 0 N–H and O–H groups in total. The van der Waals surface area contributed by atoms with Crippen LogP contribution in [0, 0.1) is 22.7 Å². The highest BCUT2D eigenvalue weighted by Crippen LogP contribution is 3.17. The molecule has 10 nitrogen and oxygen atoms in total. The van der Waals surface area contributed by atoms with E-state index in [-0.39, 0.29) is 18.8 Å². The summed E-state index contributed by atoms with van der Waals surface area (Å²) in [5.41, 5.74) is -2.00. The van der Waals surface area contributed by atoms with Crippen LogP contribution in [0.1, 0.15) is 64.7 Å². The quantitative estimate of drug-likeness (QED) is 0.0952. The zero-order valence-corrected chi connectivity index (χ0v) is 55.3. The van der Waals surface area contributed by atoms with Crippen LogP contribution in [0.15, 0.2) is 41.5 Å². The van der Waals surface area contributed by atoms with Crippen LogP contribution in [-0.2, 0) is 42.4 Å². The van der Waals surface area contributed by atoms with Gasteiger partial charge in [-0.25, -0.2) is 4.79 Å². The number of ether oxygens (including phenoxy) is 4. The van der Waals surface area contributed by atoms with Gasteiger partial charge in [0.15, 0.2) is 11.7 Å². The molecule has 3 aliphatic carbocycles. The van der Waals surface area contributed by atoms with E-state index in [9.17, 15) is 14.4 Å². The van der Waals surface area contributed by atoms with Crippen molar-refractivity contribution in [2.24, 2.45) is 22.7 Å². The van der Waals surface area contributed by atoms with Crippen LogP contribution in [0.25, 0.3) is 0 Å². The molecule has 4 aliphatic rings. The molecule has 16 unspecified atom stereocenters. The molecule has 1 aromatic rings. The molecule has 1 aromatic carbocycles. The van der Waals surface area contributed by atoms with Crippen LogP contribution in [-0.4, -0.2) is 66.4 Å². The second-order valence-corrected chi connectivity index (χ2v) is 88.2. The fourth-order valence-corrected chi connectivity index (χ4v) is 138. The number of Topliss-reactive ketones (excluding diaryl/α,β-unsaturated/α-hetero) is 1. The summed E-state index contributed by atoms with van der Waals surface area (Å²) >= 11 is 0. The predicted octanol–water partition coefficient (Wildman–Crippen LogP) is 14.8. The van der Waals surface area contributed by atoms with Crippen LogP contribution in [0.2, 0.25) is 0 Å². The molecule has 0 aromatic heterocycles. The van der Waals surface area contributed by atoms with Crippen molar-refractivity contribution in [2.45, 2.75) is 90.5 Å². The molecular weight excluding hydrogens is 1150 g/mol. The highest BCUT2D eigenvalue weighted by Gasteiger charge is 2.76. The minimum atomic E-state index is -1.41. The lowest BCUT2D eigenvalue weighted by molar-refractivity contribution is -0.345. The summed E-state index contributed by atoms with van der Waals surface area (Å²) < 4.78 is 41.1. The lowest BCUT2D eigenvalue weighted by atomic mass is 9.45. The molecule has 0 amide bonds. The number of esters is 3. The van der Waals surface area contributed by atoms with E-state index in [1.54, 1.807) is 24.3 Å². The largest absolute Gasteiger partial charge is 0.458 e. The van der Waals surface area contributed by atoms with E-state index < -0.39 is 141 Å². The molecule has 0 spiro atoms. The Morgan fingerprint density at radius 2 is 1.34 bits per heavy atom. The maximum atomic E-state index is 16.0. The van der Waals surface area contributed by atoms with E-state index >= 15 is 4.79 Å². The van der Waals surface area contributed by atoms with Gasteiger partial charge in [-0.1, -0.05) is 47.9 Å². The first-order chi connectivity index (χ1) is 28.3. The maximum Gasteiger partial charge on any atom is 0.338 e. The van der Waals surface area contributed by atoms with E-state index in [2.05, 4.69) is 98.2 Å². The summed E-state index contributed by atoms with van der Waals surface area (Å²) in [7, 11) is 30.9. The van der Waals surface area contributed by atoms with Gasteiger partial charge in [0.1, 0.15) is 12.2 Å². The lowest BCUT2D eigenvalue weighted by Gasteiger charge is -2.67. The molecule has 342 valence electrons. The summed E-state index contributed by atoms with van der Waals surface area (Å²) in [6, 6.07) is 8.85. The van der Waals surface area contributed by atoms with Crippen molar-refractivity contribution in [2.75, 3.05) is 6.61 Å². The first kappa shape index (κ1) is 57.4. The standard InChI is InChI=1S/C31H58O10P20/c1-15-20(40-54(60(52)57(46)47)61(58(48)49)59(50)51)12-19-25(38-28(35)18-10-8-7-9-11-18)26-30(6,27(37-16(2)32)24(34)23(15)29(19,4)5)21(41-53(55(42)43)56(44)45)13-22-31(26,14-36-22)39-17(3)33/h7-11,19-22,25-27H,12-14,42-52H2,1-6H3/t19?,20-,21-,22+,25?,26?,27+,30+,31-,54?,60?/m0/s1. The normalized spacial score (nSPS) is 32.1. The van der Waals surface area contributed by atoms with Crippen LogP contribution in [0.3, 0.4) is 0 Å². The van der Waals surface area contributed by atoms with Gasteiger partial charge in [0.25, 0.3) is 0 Å². The van der Waals surface area contributed by atoms with Gasteiger partial charge >= 0.3 is 17.9 Å². The number of hydrogen-bond acceptors (Lipinski definition) is 10. The Morgan fingerprint density at radius 1 is 0.754 bits per heavy atom. The van der Waals surface area contributed by atoms with E-state index in [4.69, 9.17) is 28.0 Å². The Labute approximate surface area is 397 Å². The Morgan fingerprint density at radius 3 is 1.82 bits per heavy atom. The topological polar surface area (TPSA) is 124 Å². The van der Waals surface area contributed by atoms with E-state index in [0.717, 1.165) is 5.57 Å². The average molecular weight is 1210 g/mol. The van der Waals surface area contributed by atoms with Gasteiger partial charge in [-0.3, -0.25) is 14.4 Å². The monoisotopic (exact) mass is 1210 g/mol. The summed E-state index contributed by atoms with van der Waals surface area (Å²) in [5.74, 6) is -3.50. The van der Waals surface area contributed by atoms with Crippen LogP contribution in [0.5, 0.6) is 0 Å². The van der Waals surface area contributed by atoms with Gasteiger partial charge in [-0.15, -0.1) is 89.3 Å². The number of benzene rings is 1. The molecule has 22 atom stereocenters. The number of hydrogen-bond donors (Lipinski definition) is 0. The van der Waals surface area contributed by atoms with Gasteiger partial charge in [0.2, 0.25) is 5.78 Å². The molecule has 1 saturated heterocycles. The van der Waals surface area contributed by atoms with Gasteiger partial charge in [0, 0.05) is 51.1 Å². The number of carbonyl (C=O) groups excluding carboxylic acids is 4. The second kappa shape index (κ2) is 24.0. The van der Waals surface area contributed by atoms with Crippen molar-refractivity contribution in [1.82, 2.24) is 0 Å². The van der Waals surface area contributed by atoms with Gasteiger partial charge in [0.05, 0.1) is 45.3 Å². The lowest BCUT2D eigenvalue weighted by Crippen LogP contribution is -2.80. The fourth-order valence-electron chi connectivity index (χ4n) is 9.30. The minimum Gasteiger partial charge on any atom is -0.458 e. The molecule has 0 radical (unpaired) electrons. The van der Waals surface area contributed by atoms with Gasteiger partial charge in [-0.05, 0) is 71.4 Å².